The van der Waals surface area contributed by atoms with E-state index in [0.29, 0.717) is 35.5 Å². The van der Waals surface area contributed by atoms with Gasteiger partial charge in [-0.25, -0.2) is 9.78 Å². The Morgan fingerprint density at radius 1 is 1.08 bits per heavy atom. The number of nitrogens with zero attached hydrogens (tertiary/aromatic N) is 4. The highest BCUT2D eigenvalue weighted by Gasteiger charge is 2.37. The molecule has 38 heavy (non-hydrogen) atoms. The predicted octanol–water partition coefficient (Wildman–Crippen LogP) is 5.63. The van der Waals surface area contributed by atoms with Gasteiger partial charge in [-0.15, -0.1) is 0 Å². The van der Waals surface area contributed by atoms with Crippen LogP contribution < -0.4 is 30.3 Å². The summed E-state index contributed by atoms with van der Waals surface area (Å²) in [5.41, 5.74) is 8.32. The minimum absolute atomic E-state index is 0.0354. The maximum atomic E-state index is 14.1. The standard InChI is InChI=1S/C27H30Cl2N6O3/c1-37-20-12-21(38-2)23(29)24(22(20)28)34-15-17-13-31-26(32-19-11-7-6-10-18(19)30)33-25(17)35(27(34)36)14-16-8-4-3-5-9-16/h3-5,8-9,12-13,18-19H,6-7,10-11,14-15,30H2,1-2H3,(H,31,32,33)/t18?,19-/m1/s1. The predicted molar refractivity (Wildman–Crippen MR) is 150 cm³/mol. The van der Waals surface area contributed by atoms with Crippen LogP contribution in [0.15, 0.2) is 42.6 Å². The molecule has 2 amide bonds. The SMILES string of the molecule is COc1cc(OC)c(Cl)c(N2Cc3cnc(N[C@@H]4CCCCC4N)nc3N(Cc3ccccc3)C2=O)c1Cl. The summed E-state index contributed by atoms with van der Waals surface area (Å²) in [6, 6.07) is 11.1. The fourth-order valence-electron chi connectivity index (χ4n) is 4.98. The van der Waals surface area contributed by atoms with Crippen molar-refractivity contribution in [2.24, 2.45) is 5.73 Å². The number of aromatic nitrogens is 2. The lowest BCUT2D eigenvalue weighted by Gasteiger charge is -2.37. The maximum absolute atomic E-state index is 14.1. The summed E-state index contributed by atoms with van der Waals surface area (Å²) in [6.45, 7) is 0.456. The third kappa shape index (κ3) is 5.06. The van der Waals surface area contributed by atoms with E-state index in [0.717, 1.165) is 36.8 Å². The molecule has 11 heteroatoms. The Kier molecular flexibility index (Phi) is 7.78. The second-order valence-electron chi connectivity index (χ2n) is 9.44. The van der Waals surface area contributed by atoms with Crippen molar-refractivity contribution in [1.82, 2.24) is 9.97 Å². The average Bonchev–Trinajstić information content (AvgIpc) is 2.93. The highest BCUT2D eigenvalue weighted by molar-refractivity contribution is 6.42. The van der Waals surface area contributed by atoms with Crippen LogP contribution in [0.25, 0.3) is 0 Å². The van der Waals surface area contributed by atoms with E-state index in [9.17, 15) is 4.79 Å². The molecule has 2 heterocycles. The van der Waals surface area contributed by atoms with Crippen LogP contribution in [-0.4, -0.2) is 42.3 Å². The summed E-state index contributed by atoms with van der Waals surface area (Å²) in [4.78, 5) is 26.6. The van der Waals surface area contributed by atoms with Gasteiger partial charge in [0.15, 0.2) is 0 Å². The number of fused-ring (bicyclic) bond motifs is 1. The fourth-order valence-corrected chi connectivity index (χ4v) is 5.69. The molecule has 2 aromatic carbocycles. The molecule has 0 bridgehead atoms. The van der Waals surface area contributed by atoms with Crippen molar-refractivity contribution in [3.05, 3.63) is 63.8 Å². The Bertz CT molecular complexity index is 1300. The molecule has 2 atom stereocenters. The van der Waals surface area contributed by atoms with Crippen LogP contribution in [0.4, 0.5) is 22.2 Å². The molecule has 0 radical (unpaired) electrons. The van der Waals surface area contributed by atoms with Crippen LogP contribution in [0.5, 0.6) is 11.5 Å². The zero-order chi connectivity index (χ0) is 26.8. The number of urea groups is 1. The quantitative estimate of drug-likeness (QED) is 0.388. The van der Waals surface area contributed by atoms with E-state index in [4.69, 9.17) is 43.4 Å². The third-order valence-electron chi connectivity index (χ3n) is 7.03. The molecule has 0 saturated heterocycles. The number of methoxy groups -OCH3 is 2. The normalized spacial score (nSPS) is 19.2. The van der Waals surface area contributed by atoms with E-state index in [1.54, 1.807) is 17.2 Å². The van der Waals surface area contributed by atoms with Gasteiger partial charge in [0.05, 0.1) is 33.0 Å². The summed E-state index contributed by atoms with van der Waals surface area (Å²) >= 11 is 13.4. The second kappa shape index (κ2) is 11.2. The molecular formula is C27H30Cl2N6O3. The molecule has 200 valence electrons. The highest BCUT2D eigenvalue weighted by atomic mass is 35.5. The van der Waals surface area contributed by atoms with Crippen LogP contribution in [0.3, 0.4) is 0 Å². The van der Waals surface area contributed by atoms with E-state index < -0.39 is 0 Å². The number of halogens is 2. The number of hydrogen-bond acceptors (Lipinski definition) is 7. The van der Waals surface area contributed by atoms with Crippen molar-refractivity contribution >= 4 is 46.7 Å². The Balaban J connectivity index is 1.57. The van der Waals surface area contributed by atoms with Crippen LogP contribution in [0, 0.1) is 0 Å². The van der Waals surface area contributed by atoms with Gasteiger partial charge in [0.2, 0.25) is 5.95 Å². The molecule has 3 aromatic rings. The summed E-state index contributed by atoms with van der Waals surface area (Å²) in [5.74, 6) is 1.66. The molecule has 1 fully saturated rings. The number of rotatable bonds is 7. The molecule has 1 aliphatic heterocycles. The lowest BCUT2D eigenvalue weighted by Crippen LogP contribution is -2.48. The van der Waals surface area contributed by atoms with Crippen LogP contribution in [0.2, 0.25) is 10.0 Å². The maximum Gasteiger partial charge on any atom is 0.330 e. The van der Waals surface area contributed by atoms with E-state index in [1.165, 1.54) is 19.1 Å². The van der Waals surface area contributed by atoms with E-state index in [1.807, 2.05) is 30.3 Å². The number of benzene rings is 2. The van der Waals surface area contributed by atoms with E-state index >= 15 is 0 Å². The van der Waals surface area contributed by atoms with Crippen molar-refractivity contribution < 1.29 is 14.3 Å². The van der Waals surface area contributed by atoms with Crippen LogP contribution in [0.1, 0.15) is 36.8 Å². The summed E-state index contributed by atoms with van der Waals surface area (Å²) < 4.78 is 10.9. The molecule has 5 rings (SSSR count). The van der Waals surface area contributed by atoms with Gasteiger partial charge in [0, 0.05) is 29.9 Å². The second-order valence-corrected chi connectivity index (χ2v) is 10.2. The van der Waals surface area contributed by atoms with Crippen molar-refractivity contribution in [1.29, 1.82) is 0 Å². The Labute approximate surface area is 231 Å². The topological polar surface area (TPSA) is 106 Å². The molecular weight excluding hydrogens is 527 g/mol. The number of anilines is 3. The van der Waals surface area contributed by atoms with Gasteiger partial charge >= 0.3 is 6.03 Å². The molecule has 1 aliphatic carbocycles. The van der Waals surface area contributed by atoms with Gasteiger partial charge in [-0.3, -0.25) is 9.80 Å². The zero-order valence-corrected chi connectivity index (χ0v) is 22.8. The van der Waals surface area contributed by atoms with Crippen LogP contribution in [-0.2, 0) is 13.1 Å². The van der Waals surface area contributed by atoms with E-state index in [2.05, 4.69) is 10.3 Å². The molecule has 9 nitrogen and oxygen atoms in total. The van der Waals surface area contributed by atoms with Crippen molar-refractivity contribution in [2.75, 3.05) is 29.3 Å². The Morgan fingerprint density at radius 2 is 1.76 bits per heavy atom. The first kappa shape index (κ1) is 26.3. The van der Waals surface area contributed by atoms with E-state index in [-0.39, 0.29) is 34.7 Å². The van der Waals surface area contributed by atoms with Crippen LogP contribution >= 0.6 is 23.2 Å². The average molecular weight is 557 g/mol. The fraction of sp³-hybridized carbons (Fsp3) is 0.370. The van der Waals surface area contributed by atoms with Gasteiger partial charge in [-0.1, -0.05) is 66.4 Å². The minimum Gasteiger partial charge on any atom is -0.495 e. The summed E-state index contributed by atoms with van der Waals surface area (Å²) in [7, 11) is 2.99. The van der Waals surface area contributed by atoms with Gasteiger partial charge in [0.1, 0.15) is 27.4 Å². The number of hydrogen-bond donors (Lipinski definition) is 2. The highest BCUT2D eigenvalue weighted by Crippen LogP contribution is 2.48. The number of carbonyl (C=O) groups is 1. The monoisotopic (exact) mass is 556 g/mol. The third-order valence-corrected chi connectivity index (χ3v) is 7.76. The Morgan fingerprint density at radius 3 is 2.42 bits per heavy atom. The largest absolute Gasteiger partial charge is 0.495 e. The number of nitrogens with two attached hydrogens (primary N) is 1. The van der Waals surface area contributed by atoms with Gasteiger partial charge < -0.3 is 20.5 Å². The lowest BCUT2D eigenvalue weighted by atomic mass is 9.91. The lowest BCUT2D eigenvalue weighted by molar-refractivity contribution is 0.249. The Hall–Kier alpha value is -3.27. The summed E-state index contributed by atoms with van der Waals surface area (Å²) in [6.07, 6.45) is 5.88. The molecule has 2 aliphatic rings. The van der Waals surface area contributed by atoms with Crippen molar-refractivity contribution in [3.63, 3.8) is 0 Å². The first-order valence-corrected chi connectivity index (χ1v) is 13.3. The first-order valence-electron chi connectivity index (χ1n) is 12.5. The van der Waals surface area contributed by atoms with Gasteiger partial charge in [-0.05, 0) is 18.4 Å². The number of nitrogens with one attached hydrogen (secondary N) is 1. The van der Waals surface area contributed by atoms with Crippen molar-refractivity contribution in [3.8, 4) is 11.5 Å². The molecule has 1 unspecified atom stereocenters. The summed E-state index contributed by atoms with van der Waals surface area (Å²) in [5, 5.41) is 3.81. The zero-order valence-electron chi connectivity index (χ0n) is 21.3. The first-order chi connectivity index (χ1) is 18.4. The molecule has 1 saturated carbocycles. The smallest absolute Gasteiger partial charge is 0.330 e. The minimum atomic E-state index is -0.334. The number of carbonyl (C=O) groups excluding carboxylic acids is 1. The van der Waals surface area contributed by atoms with Gasteiger partial charge in [-0.2, -0.15) is 4.98 Å². The van der Waals surface area contributed by atoms with Gasteiger partial charge in [0.25, 0.3) is 0 Å². The molecule has 1 aromatic heterocycles. The number of ether oxygens (including phenoxy) is 2. The molecule has 0 spiro atoms. The molecule has 3 N–H and O–H groups in total. The number of amides is 2. The van der Waals surface area contributed by atoms with Crippen molar-refractivity contribution in [2.45, 2.75) is 50.9 Å².